The Balaban J connectivity index is 2.14. The van der Waals surface area contributed by atoms with E-state index in [0.29, 0.717) is 30.9 Å². The van der Waals surface area contributed by atoms with E-state index >= 15 is 0 Å². The quantitative estimate of drug-likeness (QED) is 0.539. The van der Waals surface area contributed by atoms with E-state index in [-0.39, 0.29) is 30.7 Å². The number of carbonyl (C=O) groups is 2. The maximum Gasteiger partial charge on any atom is 0.410 e. The molecule has 2 aromatic carbocycles. The molecule has 7 heteroatoms. The molecule has 0 saturated heterocycles. The smallest absolute Gasteiger partial charge is 0.410 e. The monoisotopic (exact) mass is 454 g/mol. The second-order valence-electron chi connectivity index (χ2n) is 8.19. The molecule has 0 unspecified atom stereocenters. The molecule has 33 heavy (non-hydrogen) atoms. The highest BCUT2D eigenvalue weighted by Crippen LogP contribution is 2.46. The zero-order valence-corrected chi connectivity index (χ0v) is 20.2. The third-order valence-corrected chi connectivity index (χ3v) is 5.96. The summed E-state index contributed by atoms with van der Waals surface area (Å²) in [6.45, 7) is 6.49. The number of ether oxygens (including phenoxy) is 3. The molecular weight excluding hydrogens is 420 g/mol. The van der Waals surface area contributed by atoms with Crippen molar-refractivity contribution in [1.82, 2.24) is 4.90 Å². The molecule has 1 heterocycles. The molecule has 0 aliphatic carbocycles. The predicted octanol–water partition coefficient (Wildman–Crippen LogP) is 5.33. The molecule has 0 aromatic heterocycles. The van der Waals surface area contributed by atoms with E-state index in [1.807, 2.05) is 61.2 Å². The summed E-state index contributed by atoms with van der Waals surface area (Å²) in [4.78, 5) is 29.8. The van der Waals surface area contributed by atoms with Gasteiger partial charge in [-0.3, -0.25) is 9.69 Å². The molecule has 0 radical (unpaired) electrons. The average Bonchev–Trinajstić information content (AvgIpc) is 2.82. The highest BCUT2D eigenvalue weighted by Gasteiger charge is 2.39. The molecule has 2 atom stereocenters. The second-order valence-corrected chi connectivity index (χ2v) is 8.19. The molecule has 1 aliphatic heterocycles. The van der Waals surface area contributed by atoms with Gasteiger partial charge in [0.15, 0.2) is 11.5 Å². The van der Waals surface area contributed by atoms with Crippen LogP contribution in [-0.2, 0) is 16.1 Å². The molecule has 3 rings (SSSR count). The fourth-order valence-electron chi connectivity index (χ4n) is 4.45. The Morgan fingerprint density at radius 2 is 1.73 bits per heavy atom. The average molecular weight is 455 g/mol. The van der Waals surface area contributed by atoms with Crippen LogP contribution in [0.5, 0.6) is 11.5 Å². The lowest BCUT2D eigenvalue weighted by Crippen LogP contribution is -2.47. The Morgan fingerprint density at radius 1 is 1.06 bits per heavy atom. The Bertz CT molecular complexity index is 963. The van der Waals surface area contributed by atoms with Gasteiger partial charge in [-0.1, -0.05) is 37.3 Å². The first-order valence-electron chi connectivity index (χ1n) is 11.5. The first kappa shape index (κ1) is 24.4. The van der Waals surface area contributed by atoms with Crippen molar-refractivity contribution in [2.45, 2.75) is 58.7 Å². The van der Waals surface area contributed by atoms with Gasteiger partial charge in [0.1, 0.15) is 0 Å². The van der Waals surface area contributed by atoms with Crippen molar-refractivity contribution in [3.8, 4) is 11.5 Å². The summed E-state index contributed by atoms with van der Waals surface area (Å²) in [5, 5.41) is 0. The second kappa shape index (κ2) is 11.1. The van der Waals surface area contributed by atoms with Crippen LogP contribution >= 0.6 is 0 Å². The van der Waals surface area contributed by atoms with E-state index in [9.17, 15) is 9.59 Å². The molecule has 0 saturated carbocycles. The number of carbonyl (C=O) groups excluding carboxylic acids is 2. The van der Waals surface area contributed by atoms with Crippen molar-refractivity contribution in [3.05, 3.63) is 53.6 Å². The highest BCUT2D eigenvalue weighted by atomic mass is 16.6. The largest absolute Gasteiger partial charge is 0.493 e. The van der Waals surface area contributed by atoms with Crippen LogP contribution in [0.4, 0.5) is 10.5 Å². The first-order chi connectivity index (χ1) is 15.9. The van der Waals surface area contributed by atoms with Crippen LogP contribution in [0.3, 0.4) is 0 Å². The van der Waals surface area contributed by atoms with Crippen LogP contribution in [0.25, 0.3) is 0 Å². The van der Waals surface area contributed by atoms with E-state index < -0.39 is 0 Å². The van der Waals surface area contributed by atoms with E-state index in [0.717, 1.165) is 23.2 Å². The van der Waals surface area contributed by atoms with Gasteiger partial charge in [0.2, 0.25) is 5.91 Å². The Labute approximate surface area is 196 Å². The summed E-state index contributed by atoms with van der Waals surface area (Å²) in [6.07, 6.45) is 1.42. The molecule has 0 fully saturated rings. The summed E-state index contributed by atoms with van der Waals surface area (Å²) in [5.41, 5.74) is 2.60. The van der Waals surface area contributed by atoms with Gasteiger partial charge >= 0.3 is 6.09 Å². The van der Waals surface area contributed by atoms with Crippen molar-refractivity contribution >= 4 is 17.7 Å². The van der Waals surface area contributed by atoms with Gasteiger partial charge in [0.05, 0.1) is 32.6 Å². The van der Waals surface area contributed by atoms with Crippen molar-refractivity contribution in [2.75, 3.05) is 25.7 Å². The van der Waals surface area contributed by atoms with Gasteiger partial charge in [0, 0.05) is 30.6 Å². The molecular formula is C26H34N2O5. The number of anilines is 1. The molecule has 2 amide bonds. The lowest BCUT2D eigenvalue weighted by molar-refractivity contribution is -0.119. The summed E-state index contributed by atoms with van der Waals surface area (Å²) < 4.78 is 16.5. The number of hydrogen-bond acceptors (Lipinski definition) is 5. The summed E-state index contributed by atoms with van der Waals surface area (Å²) in [7, 11) is 3.16. The van der Waals surface area contributed by atoms with Crippen molar-refractivity contribution < 1.29 is 23.8 Å². The van der Waals surface area contributed by atoms with E-state index in [2.05, 4.69) is 0 Å². The number of nitrogens with zero attached hydrogens (tertiary/aromatic N) is 2. The number of amides is 2. The van der Waals surface area contributed by atoms with Gasteiger partial charge < -0.3 is 19.1 Å². The number of rotatable bonds is 8. The fraction of sp³-hybridized carbons (Fsp3) is 0.462. The van der Waals surface area contributed by atoms with Gasteiger partial charge in [-0.2, -0.15) is 0 Å². The Morgan fingerprint density at radius 3 is 2.33 bits per heavy atom. The number of hydrogen-bond donors (Lipinski definition) is 0. The summed E-state index contributed by atoms with van der Waals surface area (Å²) >= 11 is 0. The van der Waals surface area contributed by atoms with Crippen LogP contribution in [0, 0.1) is 0 Å². The van der Waals surface area contributed by atoms with Gasteiger partial charge in [-0.05, 0) is 38.3 Å². The van der Waals surface area contributed by atoms with Crippen molar-refractivity contribution in [3.63, 3.8) is 0 Å². The zero-order valence-electron chi connectivity index (χ0n) is 20.2. The Hall–Kier alpha value is -3.22. The predicted molar refractivity (Wildman–Crippen MR) is 128 cm³/mol. The zero-order chi connectivity index (χ0) is 24.0. The topological polar surface area (TPSA) is 68.3 Å². The summed E-state index contributed by atoms with van der Waals surface area (Å²) in [5.74, 6) is 1.16. The highest BCUT2D eigenvalue weighted by molar-refractivity contribution is 5.96. The Kier molecular flexibility index (Phi) is 8.20. The lowest BCUT2D eigenvalue weighted by Gasteiger charge is -2.43. The van der Waals surface area contributed by atoms with Crippen LogP contribution in [0.15, 0.2) is 42.5 Å². The lowest BCUT2D eigenvalue weighted by atomic mass is 9.89. The molecule has 0 spiro atoms. The minimum atomic E-state index is -0.382. The maximum absolute atomic E-state index is 13.1. The molecule has 178 valence electrons. The number of fused-ring (bicyclic) bond motifs is 1. The van der Waals surface area contributed by atoms with Crippen LogP contribution in [0.1, 0.15) is 57.2 Å². The molecule has 0 bridgehead atoms. The van der Waals surface area contributed by atoms with Gasteiger partial charge in [-0.15, -0.1) is 0 Å². The van der Waals surface area contributed by atoms with Gasteiger partial charge in [0.25, 0.3) is 0 Å². The van der Waals surface area contributed by atoms with Crippen LogP contribution in [-0.4, -0.2) is 43.8 Å². The summed E-state index contributed by atoms with van der Waals surface area (Å²) in [6, 6.07) is 13.2. The first-order valence-corrected chi connectivity index (χ1v) is 11.5. The van der Waals surface area contributed by atoms with E-state index in [1.54, 1.807) is 26.0 Å². The normalized spacial score (nSPS) is 17.2. The third kappa shape index (κ3) is 5.24. The maximum atomic E-state index is 13.1. The van der Waals surface area contributed by atoms with Crippen molar-refractivity contribution in [1.29, 1.82) is 0 Å². The molecule has 2 aromatic rings. The van der Waals surface area contributed by atoms with Gasteiger partial charge in [-0.25, -0.2) is 4.79 Å². The van der Waals surface area contributed by atoms with E-state index in [4.69, 9.17) is 14.2 Å². The standard InChI is InChI=1S/C26H34N2O5/c1-6-11-25(29)28-18(3)14-21(20-15-23(31-4)24(32-5)16-22(20)28)27(26(30)33-7-2)17-19-12-9-8-10-13-19/h8-10,12-13,15-16,18,21H,6-7,11,14,17H2,1-5H3/t18-,21+/m1/s1. The SMILES string of the molecule is CCCC(=O)N1c2cc(OC)c(OC)cc2[C@@H](N(Cc2ccccc2)C(=O)OCC)C[C@H]1C. The third-order valence-electron chi connectivity index (χ3n) is 5.96. The van der Waals surface area contributed by atoms with Crippen LogP contribution < -0.4 is 14.4 Å². The van der Waals surface area contributed by atoms with Crippen LogP contribution in [0.2, 0.25) is 0 Å². The van der Waals surface area contributed by atoms with E-state index in [1.165, 1.54) is 0 Å². The number of methoxy groups -OCH3 is 2. The molecule has 1 aliphatic rings. The van der Waals surface area contributed by atoms with Crippen molar-refractivity contribution in [2.24, 2.45) is 0 Å². The minimum Gasteiger partial charge on any atom is -0.493 e. The molecule has 7 nitrogen and oxygen atoms in total. The minimum absolute atomic E-state index is 0.0580. The molecule has 0 N–H and O–H groups in total. The fourth-order valence-corrected chi connectivity index (χ4v) is 4.45. The number of benzene rings is 2.